The fraction of sp³-hybridized carbons (Fsp3) is 0.625. The van der Waals surface area contributed by atoms with Crippen molar-refractivity contribution >= 4 is 0 Å². The number of benzene rings is 1. The molecule has 0 spiro atoms. The van der Waals surface area contributed by atoms with Crippen LogP contribution in [0.25, 0.3) is 0 Å². The number of rotatable bonds is 7. The molecule has 1 N–H and O–H groups in total. The maximum Gasteiger partial charge on any atom is 0.123 e. The van der Waals surface area contributed by atoms with Crippen molar-refractivity contribution in [1.29, 1.82) is 0 Å². The Hall–Kier alpha value is -1.06. The fourth-order valence-electron chi connectivity index (χ4n) is 2.40. The molecule has 0 saturated heterocycles. The van der Waals surface area contributed by atoms with E-state index in [2.05, 4.69) is 50.2 Å². The zero-order chi connectivity index (χ0) is 14.5. The highest BCUT2D eigenvalue weighted by Crippen LogP contribution is 2.24. The fourth-order valence-corrected chi connectivity index (χ4v) is 2.40. The molecule has 1 aromatic rings. The van der Waals surface area contributed by atoms with Gasteiger partial charge in [-0.05, 0) is 32.5 Å². The molecule has 3 nitrogen and oxygen atoms in total. The van der Waals surface area contributed by atoms with Crippen molar-refractivity contribution in [3.8, 4) is 5.75 Å². The van der Waals surface area contributed by atoms with Gasteiger partial charge in [0.1, 0.15) is 5.75 Å². The number of methoxy groups -OCH3 is 1. The van der Waals surface area contributed by atoms with Gasteiger partial charge in [0.15, 0.2) is 0 Å². The van der Waals surface area contributed by atoms with Crippen LogP contribution in [0.3, 0.4) is 0 Å². The molecule has 0 radical (unpaired) electrons. The highest BCUT2D eigenvalue weighted by molar-refractivity contribution is 5.33. The smallest absolute Gasteiger partial charge is 0.123 e. The van der Waals surface area contributed by atoms with Crippen molar-refractivity contribution in [2.75, 3.05) is 27.7 Å². The van der Waals surface area contributed by atoms with Gasteiger partial charge in [-0.3, -0.25) is 0 Å². The summed E-state index contributed by atoms with van der Waals surface area (Å²) in [6.45, 7) is 8.77. The second-order valence-corrected chi connectivity index (χ2v) is 5.98. The van der Waals surface area contributed by atoms with E-state index in [0.29, 0.717) is 6.04 Å². The first-order valence-corrected chi connectivity index (χ1v) is 6.88. The van der Waals surface area contributed by atoms with Crippen molar-refractivity contribution in [1.82, 2.24) is 10.2 Å². The number of para-hydroxylation sites is 1. The Morgan fingerprint density at radius 3 is 2.53 bits per heavy atom. The van der Waals surface area contributed by atoms with Gasteiger partial charge in [-0.25, -0.2) is 0 Å². The first-order chi connectivity index (χ1) is 8.90. The number of nitrogens with one attached hydrogen (secondary N) is 1. The minimum atomic E-state index is 0.228. The summed E-state index contributed by atoms with van der Waals surface area (Å²) in [6, 6.07) is 8.70. The van der Waals surface area contributed by atoms with Crippen LogP contribution in [0.5, 0.6) is 5.75 Å². The summed E-state index contributed by atoms with van der Waals surface area (Å²) in [5.41, 5.74) is 1.46. The van der Waals surface area contributed by atoms with Crippen LogP contribution in [0.1, 0.15) is 26.3 Å². The van der Waals surface area contributed by atoms with Crippen LogP contribution < -0.4 is 10.1 Å². The van der Waals surface area contributed by atoms with Crippen LogP contribution in [0.15, 0.2) is 24.3 Å². The highest BCUT2D eigenvalue weighted by Gasteiger charge is 2.26. The summed E-state index contributed by atoms with van der Waals surface area (Å²) < 4.78 is 5.41. The van der Waals surface area contributed by atoms with Crippen LogP contribution >= 0.6 is 0 Å². The third-order valence-corrected chi connectivity index (χ3v) is 3.92. The van der Waals surface area contributed by atoms with Gasteiger partial charge in [-0.1, -0.05) is 32.0 Å². The third-order valence-electron chi connectivity index (χ3n) is 3.92. The van der Waals surface area contributed by atoms with Gasteiger partial charge in [0.05, 0.1) is 7.11 Å². The van der Waals surface area contributed by atoms with E-state index in [0.717, 1.165) is 18.8 Å². The lowest BCUT2D eigenvalue weighted by atomic mass is 9.85. The van der Waals surface area contributed by atoms with Crippen molar-refractivity contribution in [2.24, 2.45) is 5.41 Å². The third kappa shape index (κ3) is 4.51. The molecule has 0 heterocycles. The first-order valence-electron chi connectivity index (χ1n) is 6.88. The largest absolute Gasteiger partial charge is 0.496 e. The summed E-state index contributed by atoms with van der Waals surface area (Å²) in [5.74, 6) is 0.967. The molecule has 1 unspecified atom stereocenters. The SMILES string of the molecule is CNC(C)C(C)(C)CN(C)Cc1ccccc1OC. The Bertz CT molecular complexity index is 390. The topological polar surface area (TPSA) is 24.5 Å². The zero-order valence-electron chi connectivity index (χ0n) is 13.2. The van der Waals surface area contributed by atoms with Gasteiger partial charge in [-0.15, -0.1) is 0 Å². The molecule has 0 bridgehead atoms. The van der Waals surface area contributed by atoms with E-state index < -0.39 is 0 Å². The van der Waals surface area contributed by atoms with Crippen molar-refractivity contribution in [2.45, 2.75) is 33.4 Å². The lowest BCUT2D eigenvalue weighted by Gasteiger charge is -2.35. The molecule has 0 saturated carbocycles. The molecule has 0 aliphatic carbocycles. The molecule has 0 aromatic heterocycles. The monoisotopic (exact) mass is 264 g/mol. The predicted octanol–water partition coefficient (Wildman–Crippen LogP) is 2.76. The summed E-state index contributed by atoms with van der Waals surface area (Å²) >= 11 is 0. The van der Waals surface area contributed by atoms with Gasteiger partial charge in [0.25, 0.3) is 0 Å². The molecule has 1 aromatic carbocycles. The van der Waals surface area contributed by atoms with E-state index in [1.807, 2.05) is 19.2 Å². The average molecular weight is 264 g/mol. The molecule has 0 amide bonds. The van der Waals surface area contributed by atoms with Gasteiger partial charge >= 0.3 is 0 Å². The lowest BCUT2D eigenvalue weighted by Crippen LogP contribution is -2.44. The summed E-state index contributed by atoms with van der Waals surface area (Å²) in [4.78, 5) is 2.35. The van der Waals surface area contributed by atoms with Crippen LogP contribution in [-0.4, -0.2) is 38.7 Å². The number of ether oxygens (including phenoxy) is 1. The van der Waals surface area contributed by atoms with Crippen LogP contribution in [0.4, 0.5) is 0 Å². The summed E-state index contributed by atoms with van der Waals surface area (Å²) in [7, 11) is 5.91. The maximum absolute atomic E-state index is 5.41. The molecule has 108 valence electrons. The van der Waals surface area contributed by atoms with Crippen molar-refractivity contribution in [3.05, 3.63) is 29.8 Å². The maximum atomic E-state index is 5.41. The number of nitrogens with zero attached hydrogens (tertiary/aromatic N) is 1. The van der Waals surface area contributed by atoms with Crippen molar-refractivity contribution < 1.29 is 4.74 Å². The van der Waals surface area contributed by atoms with Crippen molar-refractivity contribution in [3.63, 3.8) is 0 Å². The second kappa shape index (κ2) is 6.92. The van der Waals surface area contributed by atoms with Crippen LogP contribution in [0, 0.1) is 5.41 Å². The van der Waals surface area contributed by atoms with E-state index >= 15 is 0 Å². The molecule has 19 heavy (non-hydrogen) atoms. The Morgan fingerprint density at radius 2 is 1.95 bits per heavy atom. The molecule has 1 rings (SSSR count). The van der Waals surface area contributed by atoms with Gasteiger partial charge in [-0.2, -0.15) is 0 Å². The van der Waals surface area contributed by atoms with E-state index in [-0.39, 0.29) is 5.41 Å². The Labute approximate surface area is 118 Å². The minimum Gasteiger partial charge on any atom is -0.496 e. The first kappa shape index (κ1) is 16.0. The Kier molecular flexibility index (Phi) is 5.83. The van der Waals surface area contributed by atoms with Gasteiger partial charge in [0, 0.05) is 24.7 Å². The number of hydrogen-bond acceptors (Lipinski definition) is 3. The van der Waals surface area contributed by atoms with E-state index in [9.17, 15) is 0 Å². The molecule has 1 atom stereocenters. The minimum absolute atomic E-state index is 0.228. The molecular weight excluding hydrogens is 236 g/mol. The summed E-state index contributed by atoms with van der Waals surface area (Å²) in [5, 5.41) is 3.35. The Morgan fingerprint density at radius 1 is 1.32 bits per heavy atom. The quantitative estimate of drug-likeness (QED) is 0.819. The van der Waals surface area contributed by atoms with Crippen LogP contribution in [0.2, 0.25) is 0 Å². The zero-order valence-corrected chi connectivity index (χ0v) is 13.2. The Balaban J connectivity index is 2.67. The number of hydrogen-bond donors (Lipinski definition) is 1. The normalized spacial score (nSPS) is 13.6. The lowest BCUT2D eigenvalue weighted by molar-refractivity contribution is 0.163. The molecular formula is C16H28N2O. The molecule has 0 fully saturated rings. The highest BCUT2D eigenvalue weighted by atomic mass is 16.5. The van der Waals surface area contributed by atoms with Gasteiger partial charge < -0.3 is 15.0 Å². The van der Waals surface area contributed by atoms with E-state index in [4.69, 9.17) is 4.74 Å². The molecule has 0 aliphatic heterocycles. The second-order valence-electron chi connectivity index (χ2n) is 5.98. The van der Waals surface area contributed by atoms with E-state index in [1.54, 1.807) is 7.11 Å². The van der Waals surface area contributed by atoms with E-state index in [1.165, 1.54) is 5.56 Å². The summed E-state index contributed by atoms with van der Waals surface area (Å²) in [6.07, 6.45) is 0. The predicted molar refractivity (Wildman–Crippen MR) is 81.6 cm³/mol. The van der Waals surface area contributed by atoms with Gasteiger partial charge in [0.2, 0.25) is 0 Å². The average Bonchev–Trinajstić information content (AvgIpc) is 2.37. The van der Waals surface area contributed by atoms with Crippen LogP contribution in [-0.2, 0) is 6.54 Å². The molecule has 0 aliphatic rings. The standard InChI is InChI=1S/C16H28N2O/c1-13(17-4)16(2,3)12-18(5)11-14-9-7-8-10-15(14)19-6/h7-10,13,17H,11-12H2,1-6H3. The molecule has 3 heteroatoms.